The van der Waals surface area contributed by atoms with Crippen LogP contribution < -0.4 is 5.32 Å². The maximum absolute atomic E-state index is 12.2. The van der Waals surface area contributed by atoms with Gasteiger partial charge in [0.25, 0.3) is 0 Å². The second kappa shape index (κ2) is 5.76. The second-order valence-electron chi connectivity index (χ2n) is 5.77. The lowest BCUT2D eigenvalue weighted by Crippen LogP contribution is -2.19. The van der Waals surface area contributed by atoms with Crippen LogP contribution in [-0.4, -0.2) is 28.6 Å². The summed E-state index contributed by atoms with van der Waals surface area (Å²) >= 11 is 0. The molecular weight excluding hydrogens is 266 g/mol. The highest BCUT2D eigenvalue weighted by molar-refractivity contribution is 6.04. The molecule has 2 aromatic heterocycles. The van der Waals surface area contributed by atoms with E-state index in [-0.39, 0.29) is 5.97 Å². The van der Waals surface area contributed by atoms with E-state index in [4.69, 9.17) is 4.74 Å². The Morgan fingerprint density at radius 3 is 3.10 bits per heavy atom. The van der Waals surface area contributed by atoms with E-state index >= 15 is 0 Å². The number of carbonyl (C=O) groups excluding carboxylic acids is 1. The molecule has 1 aliphatic carbocycles. The fraction of sp³-hybridized carbons (Fsp3) is 0.500. The highest BCUT2D eigenvalue weighted by atomic mass is 16.5. The van der Waals surface area contributed by atoms with Crippen LogP contribution in [0.3, 0.4) is 0 Å². The van der Waals surface area contributed by atoms with Gasteiger partial charge >= 0.3 is 5.97 Å². The van der Waals surface area contributed by atoms with Gasteiger partial charge in [-0.25, -0.2) is 9.78 Å². The van der Waals surface area contributed by atoms with Gasteiger partial charge in [-0.05, 0) is 38.2 Å². The molecule has 5 nitrogen and oxygen atoms in total. The normalized spacial score (nSPS) is 21.6. The summed E-state index contributed by atoms with van der Waals surface area (Å²) in [5.74, 6) is 0.416. The minimum absolute atomic E-state index is 0.318. The lowest BCUT2D eigenvalue weighted by Gasteiger charge is -2.17. The van der Waals surface area contributed by atoms with Crippen molar-refractivity contribution in [3.8, 4) is 0 Å². The van der Waals surface area contributed by atoms with E-state index in [0.29, 0.717) is 18.2 Å². The molecule has 0 amide bonds. The van der Waals surface area contributed by atoms with Crippen molar-refractivity contribution in [3.63, 3.8) is 0 Å². The average Bonchev–Trinajstić information content (AvgIpc) is 3.08. The number of H-pyrrole nitrogens is 1. The van der Waals surface area contributed by atoms with Crippen LogP contribution in [0.5, 0.6) is 0 Å². The molecule has 0 unspecified atom stereocenters. The standard InChI is InChI=1S/C16H21N3O2/c1-3-21-16(20)13-9-18-15-12(6-7-17-15)14(13)19-11-5-4-10(2)8-11/h6-7,9-11H,3-5,8H2,1-2H3,(H2,17,18,19)/t10-,11-/m0/s1. The zero-order valence-corrected chi connectivity index (χ0v) is 12.5. The first-order valence-electron chi connectivity index (χ1n) is 7.58. The van der Waals surface area contributed by atoms with Crippen LogP contribution in [0.1, 0.15) is 43.5 Å². The monoisotopic (exact) mass is 287 g/mol. The number of hydrogen-bond donors (Lipinski definition) is 2. The van der Waals surface area contributed by atoms with Gasteiger partial charge in [-0.2, -0.15) is 0 Å². The van der Waals surface area contributed by atoms with Crippen molar-refractivity contribution in [2.75, 3.05) is 11.9 Å². The average molecular weight is 287 g/mol. The number of rotatable bonds is 4. The number of esters is 1. The third-order valence-electron chi connectivity index (χ3n) is 4.13. The molecule has 2 heterocycles. The molecule has 2 N–H and O–H groups in total. The smallest absolute Gasteiger partial charge is 0.341 e. The van der Waals surface area contributed by atoms with Crippen molar-refractivity contribution in [2.24, 2.45) is 5.92 Å². The number of nitrogens with one attached hydrogen (secondary N) is 2. The van der Waals surface area contributed by atoms with Crippen molar-refractivity contribution in [1.82, 2.24) is 9.97 Å². The van der Waals surface area contributed by atoms with E-state index in [1.165, 1.54) is 6.42 Å². The summed E-state index contributed by atoms with van der Waals surface area (Å²) in [6.07, 6.45) is 6.94. The Bertz CT molecular complexity index is 650. The van der Waals surface area contributed by atoms with E-state index in [1.54, 1.807) is 6.20 Å². The van der Waals surface area contributed by atoms with Crippen LogP contribution in [0.15, 0.2) is 18.5 Å². The molecule has 0 aliphatic heterocycles. The van der Waals surface area contributed by atoms with Crippen LogP contribution in [0.25, 0.3) is 11.0 Å². The molecule has 0 bridgehead atoms. The summed E-state index contributed by atoms with van der Waals surface area (Å²) in [6.45, 7) is 4.45. The van der Waals surface area contributed by atoms with Crippen molar-refractivity contribution < 1.29 is 9.53 Å². The van der Waals surface area contributed by atoms with Gasteiger partial charge in [0, 0.05) is 23.8 Å². The van der Waals surface area contributed by atoms with Gasteiger partial charge in [-0.1, -0.05) is 6.92 Å². The molecule has 1 aliphatic rings. The quantitative estimate of drug-likeness (QED) is 0.846. The Balaban J connectivity index is 1.97. The van der Waals surface area contributed by atoms with E-state index < -0.39 is 0 Å². The molecular formula is C16H21N3O2. The Morgan fingerprint density at radius 1 is 1.52 bits per heavy atom. The lowest BCUT2D eigenvalue weighted by molar-refractivity contribution is 0.0527. The Labute approximate surface area is 124 Å². The molecule has 5 heteroatoms. The first kappa shape index (κ1) is 13.9. The Morgan fingerprint density at radius 2 is 2.38 bits per heavy atom. The van der Waals surface area contributed by atoms with Crippen LogP contribution in [0.2, 0.25) is 0 Å². The predicted molar refractivity (Wildman–Crippen MR) is 82.5 cm³/mol. The molecule has 0 aromatic carbocycles. The Kier molecular flexibility index (Phi) is 3.82. The highest BCUT2D eigenvalue weighted by Gasteiger charge is 2.24. The molecule has 0 radical (unpaired) electrons. The molecule has 1 saturated carbocycles. The number of ether oxygens (including phenoxy) is 1. The molecule has 1 fully saturated rings. The SMILES string of the molecule is CCOC(=O)c1cnc2[nH]ccc2c1N[C@H]1CC[C@H](C)C1. The van der Waals surface area contributed by atoms with E-state index in [0.717, 1.165) is 35.5 Å². The molecule has 2 aromatic rings. The number of aromatic amines is 1. The summed E-state index contributed by atoms with van der Waals surface area (Å²) in [7, 11) is 0. The number of pyridine rings is 1. The van der Waals surface area contributed by atoms with Crippen molar-refractivity contribution >= 4 is 22.7 Å². The maximum Gasteiger partial charge on any atom is 0.341 e. The topological polar surface area (TPSA) is 67.0 Å². The van der Waals surface area contributed by atoms with Crippen LogP contribution in [0, 0.1) is 5.92 Å². The molecule has 0 saturated heterocycles. The summed E-state index contributed by atoms with van der Waals surface area (Å²) in [6, 6.07) is 2.36. The van der Waals surface area contributed by atoms with Crippen molar-refractivity contribution in [3.05, 3.63) is 24.0 Å². The van der Waals surface area contributed by atoms with E-state index in [9.17, 15) is 4.79 Å². The number of hydrogen-bond acceptors (Lipinski definition) is 4. The van der Waals surface area contributed by atoms with Crippen LogP contribution in [-0.2, 0) is 4.74 Å². The van der Waals surface area contributed by atoms with Gasteiger partial charge in [0.15, 0.2) is 0 Å². The fourth-order valence-electron chi connectivity index (χ4n) is 3.07. The predicted octanol–water partition coefficient (Wildman–Crippen LogP) is 3.34. The molecule has 112 valence electrons. The van der Waals surface area contributed by atoms with Gasteiger partial charge in [0.05, 0.1) is 12.3 Å². The Hall–Kier alpha value is -2.04. The molecule has 3 rings (SSSR count). The number of nitrogens with zero attached hydrogens (tertiary/aromatic N) is 1. The van der Waals surface area contributed by atoms with Crippen molar-refractivity contribution in [2.45, 2.75) is 39.2 Å². The summed E-state index contributed by atoms with van der Waals surface area (Å²) in [5.41, 5.74) is 2.15. The first-order chi connectivity index (χ1) is 10.2. The number of fused-ring (bicyclic) bond motifs is 1. The molecule has 2 atom stereocenters. The van der Waals surface area contributed by atoms with Crippen LogP contribution >= 0.6 is 0 Å². The first-order valence-corrected chi connectivity index (χ1v) is 7.58. The largest absolute Gasteiger partial charge is 0.462 e. The van der Waals surface area contributed by atoms with Crippen molar-refractivity contribution in [1.29, 1.82) is 0 Å². The van der Waals surface area contributed by atoms with E-state index in [1.807, 2.05) is 19.2 Å². The van der Waals surface area contributed by atoms with Gasteiger partial charge in [0.1, 0.15) is 11.2 Å². The zero-order chi connectivity index (χ0) is 14.8. The second-order valence-corrected chi connectivity index (χ2v) is 5.77. The summed E-state index contributed by atoms with van der Waals surface area (Å²) in [4.78, 5) is 19.5. The number of aromatic nitrogens is 2. The summed E-state index contributed by atoms with van der Waals surface area (Å²) < 4.78 is 5.15. The maximum atomic E-state index is 12.2. The highest BCUT2D eigenvalue weighted by Crippen LogP contribution is 2.32. The lowest BCUT2D eigenvalue weighted by atomic mass is 10.1. The minimum Gasteiger partial charge on any atom is -0.462 e. The van der Waals surface area contributed by atoms with Gasteiger partial charge in [-0.15, -0.1) is 0 Å². The van der Waals surface area contributed by atoms with E-state index in [2.05, 4.69) is 22.2 Å². The van der Waals surface area contributed by atoms with Gasteiger partial charge < -0.3 is 15.0 Å². The number of anilines is 1. The third-order valence-corrected chi connectivity index (χ3v) is 4.13. The third kappa shape index (κ3) is 2.73. The summed E-state index contributed by atoms with van der Waals surface area (Å²) in [5, 5.41) is 4.49. The molecule has 21 heavy (non-hydrogen) atoms. The van der Waals surface area contributed by atoms with Crippen LogP contribution in [0.4, 0.5) is 5.69 Å². The van der Waals surface area contributed by atoms with Gasteiger partial charge in [0.2, 0.25) is 0 Å². The minimum atomic E-state index is -0.318. The number of carbonyl (C=O) groups is 1. The van der Waals surface area contributed by atoms with Gasteiger partial charge in [-0.3, -0.25) is 0 Å². The molecule has 0 spiro atoms. The zero-order valence-electron chi connectivity index (χ0n) is 12.5. The fourth-order valence-corrected chi connectivity index (χ4v) is 3.07.